The maximum Gasteiger partial charge on any atom is 0.303 e. The SMILES string of the molecule is CC(=O)OCC(=O)[C@H](OC(C)=O)[C@@H](OC(C)=O)c1ccccc1Cl. The van der Waals surface area contributed by atoms with Gasteiger partial charge in [0.05, 0.1) is 0 Å². The molecule has 1 aromatic carbocycles. The highest BCUT2D eigenvalue weighted by Crippen LogP contribution is 2.30. The molecule has 0 spiro atoms. The van der Waals surface area contributed by atoms with E-state index in [2.05, 4.69) is 4.74 Å². The van der Waals surface area contributed by atoms with Crippen LogP contribution in [0.1, 0.15) is 32.4 Å². The second-order valence-electron chi connectivity index (χ2n) is 4.83. The van der Waals surface area contributed by atoms with Gasteiger partial charge < -0.3 is 14.2 Å². The monoisotopic (exact) mass is 356 g/mol. The smallest absolute Gasteiger partial charge is 0.303 e. The summed E-state index contributed by atoms with van der Waals surface area (Å²) < 4.78 is 14.8. The van der Waals surface area contributed by atoms with E-state index in [1.165, 1.54) is 12.1 Å². The Balaban J connectivity index is 3.21. The van der Waals surface area contributed by atoms with E-state index in [1.807, 2.05) is 0 Å². The van der Waals surface area contributed by atoms with Gasteiger partial charge in [-0.3, -0.25) is 19.2 Å². The van der Waals surface area contributed by atoms with Crippen molar-refractivity contribution in [3.63, 3.8) is 0 Å². The summed E-state index contributed by atoms with van der Waals surface area (Å²) in [7, 11) is 0. The van der Waals surface area contributed by atoms with Crippen LogP contribution in [0.5, 0.6) is 0 Å². The van der Waals surface area contributed by atoms with Crippen molar-refractivity contribution in [2.45, 2.75) is 33.0 Å². The van der Waals surface area contributed by atoms with Crippen LogP contribution in [0.25, 0.3) is 0 Å². The van der Waals surface area contributed by atoms with Gasteiger partial charge in [0.2, 0.25) is 11.9 Å². The molecular formula is C16H17ClO7. The number of ketones is 1. The second kappa shape index (κ2) is 9.02. The van der Waals surface area contributed by atoms with Gasteiger partial charge in [-0.15, -0.1) is 0 Å². The van der Waals surface area contributed by atoms with Crippen molar-refractivity contribution in [1.82, 2.24) is 0 Å². The minimum atomic E-state index is -1.49. The highest BCUT2D eigenvalue weighted by molar-refractivity contribution is 6.31. The molecule has 1 aromatic rings. The lowest BCUT2D eigenvalue weighted by Crippen LogP contribution is -2.37. The van der Waals surface area contributed by atoms with E-state index in [0.717, 1.165) is 20.8 Å². The molecule has 0 saturated carbocycles. The van der Waals surface area contributed by atoms with Crippen LogP contribution in [-0.4, -0.2) is 36.4 Å². The average Bonchev–Trinajstić information content (AvgIpc) is 2.48. The number of rotatable bonds is 7. The fourth-order valence-corrected chi connectivity index (χ4v) is 2.15. The Bertz CT molecular complexity index is 641. The van der Waals surface area contributed by atoms with Gasteiger partial charge >= 0.3 is 17.9 Å². The quantitative estimate of drug-likeness (QED) is 0.544. The van der Waals surface area contributed by atoms with Gasteiger partial charge in [-0.1, -0.05) is 29.8 Å². The third-order valence-corrected chi connectivity index (χ3v) is 3.15. The van der Waals surface area contributed by atoms with Gasteiger partial charge in [0.15, 0.2) is 12.7 Å². The summed E-state index contributed by atoms with van der Waals surface area (Å²) in [6.45, 7) is 2.75. The van der Waals surface area contributed by atoms with E-state index in [-0.39, 0.29) is 10.6 Å². The molecule has 1 rings (SSSR count). The number of hydrogen-bond donors (Lipinski definition) is 0. The van der Waals surface area contributed by atoms with Gasteiger partial charge in [-0.2, -0.15) is 0 Å². The molecule has 7 nitrogen and oxygen atoms in total. The lowest BCUT2D eigenvalue weighted by atomic mass is 10.0. The summed E-state index contributed by atoms with van der Waals surface area (Å²) in [5, 5.41) is 0.223. The molecule has 0 aliphatic heterocycles. The van der Waals surface area contributed by atoms with E-state index >= 15 is 0 Å². The first kappa shape index (κ1) is 19.6. The molecule has 0 amide bonds. The van der Waals surface area contributed by atoms with E-state index in [0.29, 0.717) is 0 Å². The van der Waals surface area contributed by atoms with Crippen LogP contribution >= 0.6 is 11.6 Å². The molecule has 130 valence electrons. The van der Waals surface area contributed by atoms with Crippen LogP contribution in [0.15, 0.2) is 24.3 Å². The number of carbonyl (C=O) groups is 4. The molecule has 0 aromatic heterocycles. The summed E-state index contributed by atoms with van der Waals surface area (Å²) in [5.74, 6) is -2.88. The minimum Gasteiger partial charge on any atom is -0.458 e. The normalized spacial score (nSPS) is 12.7. The zero-order valence-corrected chi connectivity index (χ0v) is 14.2. The first-order chi connectivity index (χ1) is 11.2. The lowest BCUT2D eigenvalue weighted by Gasteiger charge is -2.26. The maximum atomic E-state index is 12.3. The maximum absolute atomic E-state index is 12.3. The first-order valence-corrected chi connectivity index (χ1v) is 7.35. The van der Waals surface area contributed by atoms with Gasteiger partial charge in [-0.05, 0) is 6.07 Å². The van der Waals surface area contributed by atoms with Crippen LogP contribution in [0, 0.1) is 0 Å². The molecule has 0 aliphatic rings. The Morgan fingerprint density at radius 3 is 2.04 bits per heavy atom. The van der Waals surface area contributed by atoms with Gasteiger partial charge in [0.1, 0.15) is 0 Å². The van der Waals surface area contributed by atoms with Crippen molar-refractivity contribution in [2.75, 3.05) is 6.61 Å². The molecule has 0 heterocycles. The molecule has 0 aliphatic carbocycles. The Hall–Kier alpha value is -2.41. The summed E-state index contributed by atoms with van der Waals surface area (Å²) in [6, 6.07) is 6.34. The number of benzene rings is 1. The van der Waals surface area contributed by atoms with Crippen molar-refractivity contribution >= 4 is 35.3 Å². The second-order valence-corrected chi connectivity index (χ2v) is 5.24. The number of esters is 3. The third-order valence-electron chi connectivity index (χ3n) is 2.81. The largest absolute Gasteiger partial charge is 0.458 e. The number of hydrogen-bond acceptors (Lipinski definition) is 7. The predicted molar refractivity (Wildman–Crippen MR) is 83.2 cm³/mol. The highest BCUT2D eigenvalue weighted by atomic mass is 35.5. The van der Waals surface area contributed by atoms with E-state index in [4.69, 9.17) is 21.1 Å². The van der Waals surface area contributed by atoms with Crippen LogP contribution in [0.3, 0.4) is 0 Å². The van der Waals surface area contributed by atoms with Gasteiger partial charge in [-0.25, -0.2) is 0 Å². The standard InChI is InChI=1S/C16H17ClO7/c1-9(18)22-8-14(21)16(24-11(3)20)15(23-10(2)19)12-6-4-5-7-13(12)17/h4-7,15-16H,8H2,1-3H3/t15-,16-/m0/s1. The summed E-state index contributed by atoms with van der Waals surface area (Å²) in [5.41, 5.74) is 0.289. The van der Waals surface area contributed by atoms with Crippen LogP contribution in [0.2, 0.25) is 5.02 Å². The molecule has 0 radical (unpaired) electrons. The number of carbonyl (C=O) groups excluding carboxylic acids is 4. The third kappa shape index (κ3) is 6.00. The fraction of sp³-hybridized carbons (Fsp3) is 0.375. The van der Waals surface area contributed by atoms with E-state index in [1.54, 1.807) is 12.1 Å². The molecule has 2 atom stereocenters. The van der Waals surface area contributed by atoms with E-state index < -0.39 is 42.5 Å². The molecular weight excluding hydrogens is 340 g/mol. The van der Waals surface area contributed by atoms with E-state index in [9.17, 15) is 19.2 Å². The van der Waals surface area contributed by atoms with Crippen molar-refractivity contribution in [1.29, 1.82) is 0 Å². The lowest BCUT2D eigenvalue weighted by molar-refractivity contribution is -0.172. The van der Waals surface area contributed by atoms with Gasteiger partial charge in [0.25, 0.3) is 0 Å². The molecule has 0 unspecified atom stereocenters. The minimum absolute atomic E-state index is 0.223. The Labute approximate surface area is 143 Å². The van der Waals surface area contributed by atoms with Crippen LogP contribution in [0.4, 0.5) is 0 Å². The van der Waals surface area contributed by atoms with Crippen molar-refractivity contribution in [3.05, 3.63) is 34.9 Å². The highest BCUT2D eigenvalue weighted by Gasteiger charge is 2.36. The first-order valence-electron chi connectivity index (χ1n) is 6.97. The summed E-state index contributed by atoms with van der Waals surface area (Å²) in [4.78, 5) is 45.9. The molecule has 24 heavy (non-hydrogen) atoms. The zero-order chi connectivity index (χ0) is 18.3. The Morgan fingerprint density at radius 2 is 1.54 bits per heavy atom. The van der Waals surface area contributed by atoms with Crippen LogP contribution < -0.4 is 0 Å². The van der Waals surface area contributed by atoms with Crippen LogP contribution in [-0.2, 0) is 33.4 Å². The predicted octanol–water partition coefficient (Wildman–Crippen LogP) is 2.01. The Morgan fingerprint density at radius 1 is 0.958 bits per heavy atom. The number of ether oxygens (including phenoxy) is 3. The topological polar surface area (TPSA) is 96.0 Å². The summed E-state index contributed by atoms with van der Waals surface area (Å²) >= 11 is 6.09. The van der Waals surface area contributed by atoms with Crippen molar-refractivity contribution in [3.8, 4) is 0 Å². The average molecular weight is 357 g/mol. The molecule has 0 bridgehead atoms. The van der Waals surface area contributed by atoms with Crippen molar-refractivity contribution in [2.24, 2.45) is 0 Å². The Kier molecular flexibility index (Phi) is 7.38. The zero-order valence-electron chi connectivity index (χ0n) is 13.4. The molecule has 0 N–H and O–H groups in total. The van der Waals surface area contributed by atoms with Crippen molar-refractivity contribution < 1.29 is 33.4 Å². The van der Waals surface area contributed by atoms with Gasteiger partial charge in [0, 0.05) is 31.4 Å². The number of halogens is 1. The number of Topliss-reactive ketones (excluding diaryl/α,β-unsaturated/α-hetero) is 1. The molecule has 0 saturated heterocycles. The fourth-order valence-electron chi connectivity index (χ4n) is 1.90. The summed E-state index contributed by atoms with van der Waals surface area (Å²) in [6.07, 6.45) is -2.76. The molecule has 0 fully saturated rings. The molecule has 8 heteroatoms.